The molecule has 0 radical (unpaired) electrons. The van der Waals surface area contributed by atoms with Gasteiger partial charge < -0.3 is 9.90 Å². The second-order valence-corrected chi connectivity index (χ2v) is 3.19. The van der Waals surface area contributed by atoms with Crippen LogP contribution in [0.25, 0.3) is 0 Å². The molecule has 0 saturated heterocycles. The third kappa shape index (κ3) is 1.89. The topological polar surface area (TPSA) is 55.1 Å². The molecule has 1 rings (SSSR count). The van der Waals surface area contributed by atoms with Gasteiger partial charge in [0.2, 0.25) is 0 Å². The van der Waals surface area contributed by atoms with Gasteiger partial charge in [0.1, 0.15) is 11.4 Å². The highest BCUT2D eigenvalue weighted by Crippen LogP contribution is 2.26. The fourth-order valence-corrected chi connectivity index (χ4v) is 1.53. The molecule has 0 aliphatic rings. The third-order valence-electron chi connectivity index (χ3n) is 1.85. The van der Waals surface area contributed by atoms with Crippen LogP contribution in [-0.2, 0) is 11.8 Å². The smallest absolute Gasteiger partial charge is 0.132 e. The van der Waals surface area contributed by atoms with Crippen molar-refractivity contribution in [2.45, 2.75) is 19.4 Å². The maximum absolute atomic E-state index is 10.2. The van der Waals surface area contributed by atoms with Crippen molar-refractivity contribution in [1.82, 2.24) is 9.78 Å². The normalized spacial score (nSPS) is 12.9. The van der Waals surface area contributed by atoms with E-state index in [1.807, 2.05) is 0 Å². The van der Waals surface area contributed by atoms with Gasteiger partial charge in [0.15, 0.2) is 0 Å². The van der Waals surface area contributed by atoms with E-state index < -0.39 is 6.10 Å². The Morgan fingerprint density at radius 2 is 2.38 bits per heavy atom. The molecule has 1 aromatic rings. The number of nitrogens with zero attached hydrogens (tertiary/aromatic N) is 2. The highest BCUT2D eigenvalue weighted by Gasteiger charge is 2.18. The lowest BCUT2D eigenvalue weighted by atomic mass is 10.1. The van der Waals surface area contributed by atoms with Crippen LogP contribution >= 0.6 is 11.6 Å². The predicted octanol–water partition coefficient (Wildman–Crippen LogP) is 1.00. The van der Waals surface area contributed by atoms with Crippen LogP contribution in [0.15, 0.2) is 0 Å². The predicted molar refractivity (Wildman–Crippen MR) is 48.6 cm³/mol. The van der Waals surface area contributed by atoms with Crippen LogP contribution in [0.4, 0.5) is 0 Å². The Bertz CT molecular complexity index is 322. The van der Waals surface area contributed by atoms with Gasteiger partial charge in [-0.1, -0.05) is 11.6 Å². The minimum absolute atomic E-state index is 0.0479. The van der Waals surface area contributed by atoms with Gasteiger partial charge in [-0.2, -0.15) is 5.10 Å². The molecule has 1 atom stereocenters. The fraction of sp³-hybridized carbons (Fsp3) is 0.500. The van der Waals surface area contributed by atoms with E-state index in [0.29, 0.717) is 22.7 Å². The van der Waals surface area contributed by atoms with Crippen molar-refractivity contribution >= 4 is 17.9 Å². The maximum Gasteiger partial charge on any atom is 0.132 e. The summed E-state index contributed by atoms with van der Waals surface area (Å²) in [5, 5.41) is 13.9. The molecule has 1 unspecified atom stereocenters. The average molecular weight is 203 g/mol. The SMILES string of the molecule is Cc1nn(C)c(Cl)c1C(O)CC=O. The Morgan fingerprint density at radius 3 is 2.77 bits per heavy atom. The number of hydrogen-bond acceptors (Lipinski definition) is 3. The van der Waals surface area contributed by atoms with E-state index >= 15 is 0 Å². The molecule has 0 aliphatic carbocycles. The van der Waals surface area contributed by atoms with Crippen LogP contribution in [0.1, 0.15) is 23.8 Å². The van der Waals surface area contributed by atoms with Crippen molar-refractivity contribution in [2.75, 3.05) is 0 Å². The van der Waals surface area contributed by atoms with E-state index in [9.17, 15) is 9.90 Å². The molecule has 1 heterocycles. The first kappa shape index (κ1) is 10.2. The summed E-state index contributed by atoms with van der Waals surface area (Å²) in [5.41, 5.74) is 1.19. The summed E-state index contributed by atoms with van der Waals surface area (Å²) in [4.78, 5) is 10.2. The minimum Gasteiger partial charge on any atom is -0.388 e. The zero-order chi connectivity index (χ0) is 10.0. The number of aldehydes is 1. The molecule has 1 aromatic heterocycles. The fourth-order valence-electron chi connectivity index (χ4n) is 1.23. The molecule has 13 heavy (non-hydrogen) atoms. The van der Waals surface area contributed by atoms with Crippen LogP contribution < -0.4 is 0 Å². The van der Waals surface area contributed by atoms with Crippen LogP contribution in [0.2, 0.25) is 5.15 Å². The summed E-state index contributed by atoms with van der Waals surface area (Å²) in [6.45, 7) is 1.75. The molecule has 0 aromatic carbocycles. The lowest BCUT2D eigenvalue weighted by molar-refractivity contribution is -0.109. The van der Waals surface area contributed by atoms with Gasteiger partial charge in [0.25, 0.3) is 0 Å². The van der Waals surface area contributed by atoms with Crippen molar-refractivity contribution < 1.29 is 9.90 Å². The largest absolute Gasteiger partial charge is 0.388 e. The molecule has 5 heteroatoms. The van der Waals surface area contributed by atoms with Gasteiger partial charge in [-0.05, 0) is 6.92 Å². The Balaban J connectivity index is 3.05. The van der Waals surface area contributed by atoms with Crippen molar-refractivity contribution in [2.24, 2.45) is 7.05 Å². The molecular formula is C8H11ClN2O2. The number of hydrogen-bond donors (Lipinski definition) is 1. The lowest BCUT2D eigenvalue weighted by Gasteiger charge is -2.05. The van der Waals surface area contributed by atoms with Crippen LogP contribution in [0.5, 0.6) is 0 Å². The number of aromatic nitrogens is 2. The number of aryl methyl sites for hydroxylation is 2. The second-order valence-electron chi connectivity index (χ2n) is 2.83. The first-order valence-corrected chi connectivity index (χ1v) is 4.26. The number of aliphatic hydroxyl groups is 1. The first-order chi connectivity index (χ1) is 6.07. The van der Waals surface area contributed by atoms with E-state index in [1.165, 1.54) is 4.68 Å². The second kappa shape index (κ2) is 3.89. The van der Waals surface area contributed by atoms with Crippen molar-refractivity contribution in [3.05, 3.63) is 16.4 Å². The van der Waals surface area contributed by atoms with Gasteiger partial charge in [0, 0.05) is 19.0 Å². The minimum atomic E-state index is -0.848. The van der Waals surface area contributed by atoms with Crippen LogP contribution in [0.3, 0.4) is 0 Å². The van der Waals surface area contributed by atoms with Crippen LogP contribution in [0, 0.1) is 6.92 Å². The average Bonchev–Trinajstić information content (AvgIpc) is 2.27. The summed E-state index contributed by atoms with van der Waals surface area (Å²) in [7, 11) is 1.69. The molecule has 0 fully saturated rings. The number of carbonyl (C=O) groups is 1. The Labute approximate surface area is 81.1 Å². The van der Waals surface area contributed by atoms with E-state index in [4.69, 9.17) is 11.6 Å². The Morgan fingerprint density at radius 1 is 1.77 bits per heavy atom. The van der Waals surface area contributed by atoms with Crippen LogP contribution in [-0.4, -0.2) is 21.2 Å². The van der Waals surface area contributed by atoms with Crippen molar-refractivity contribution in [1.29, 1.82) is 0 Å². The molecule has 0 amide bonds. The molecule has 4 nitrogen and oxygen atoms in total. The third-order valence-corrected chi connectivity index (χ3v) is 2.30. The van der Waals surface area contributed by atoms with Gasteiger partial charge >= 0.3 is 0 Å². The van der Waals surface area contributed by atoms with Gasteiger partial charge in [-0.25, -0.2) is 0 Å². The van der Waals surface area contributed by atoms with E-state index in [-0.39, 0.29) is 6.42 Å². The van der Waals surface area contributed by atoms with E-state index in [0.717, 1.165) is 0 Å². The lowest BCUT2D eigenvalue weighted by Crippen LogP contribution is -1.99. The molecule has 0 bridgehead atoms. The summed E-state index contributed by atoms with van der Waals surface area (Å²) in [6.07, 6.45) is -0.140. The van der Waals surface area contributed by atoms with Gasteiger partial charge in [-0.3, -0.25) is 4.68 Å². The number of aliphatic hydroxyl groups excluding tert-OH is 1. The van der Waals surface area contributed by atoms with E-state index in [1.54, 1.807) is 14.0 Å². The highest BCUT2D eigenvalue weighted by molar-refractivity contribution is 6.30. The highest BCUT2D eigenvalue weighted by atomic mass is 35.5. The first-order valence-electron chi connectivity index (χ1n) is 3.88. The van der Waals surface area contributed by atoms with Crippen molar-refractivity contribution in [3.8, 4) is 0 Å². The maximum atomic E-state index is 10.2. The molecule has 0 spiro atoms. The standard InChI is InChI=1S/C8H11ClN2O2/c1-5-7(6(13)3-4-12)8(9)11(2)10-5/h4,6,13H,3H2,1-2H3. The summed E-state index contributed by atoms with van der Waals surface area (Å²) >= 11 is 5.87. The molecule has 0 aliphatic heterocycles. The number of rotatable bonds is 3. The Kier molecular flexibility index (Phi) is 3.06. The molecule has 72 valence electrons. The zero-order valence-electron chi connectivity index (χ0n) is 7.49. The summed E-state index contributed by atoms with van der Waals surface area (Å²) in [5.74, 6) is 0. The quantitative estimate of drug-likeness (QED) is 0.745. The molecular weight excluding hydrogens is 192 g/mol. The molecule has 0 saturated carbocycles. The number of halogens is 1. The monoisotopic (exact) mass is 202 g/mol. The van der Waals surface area contributed by atoms with Crippen molar-refractivity contribution in [3.63, 3.8) is 0 Å². The number of carbonyl (C=O) groups excluding carboxylic acids is 1. The summed E-state index contributed by atoms with van der Waals surface area (Å²) in [6, 6.07) is 0. The summed E-state index contributed by atoms with van der Waals surface area (Å²) < 4.78 is 1.47. The molecule has 1 N–H and O–H groups in total. The zero-order valence-corrected chi connectivity index (χ0v) is 8.25. The van der Waals surface area contributed by atoms with Gasteiger partial charge in [0.05, 0.1) is 11.8 Å². The Hall–Kier alpha value is -0.870. The van der Waals surface area contributed by atoms with E-state index in [2.05, 4.69) is 5.10 Å². The van der Waals surface area contributed by atoms with Gasteiger partial charge in [-0.15, -0.1) is 0 Å².